The summed E-state index contributed by atoms with van der Waals surface area (Å²) in [6.45, 7) is -0.650. The average molecular weight is 468 g/mol. The van der Waals surface area contributed by atoms with E-state index in [1.807, 2.05) is 0 Å². The molecule has 9 nitrogen and oxygen atoms in total. The number of aliphatic hydroxyl groups excluding tert-OH is 4. The molecule has 1 aromatic carbocycles. The molecule has 5 atom stereocenters. The molecule has 0 bridgehead atoms. The molecule has 1 saturated heterocycles. The predicted molar refractivity (Wildman–Crippen MR) is 108 cm³/mol. The van der Waals surface area contributed by atoms with Crippen LogP contribution in [0.15, 0.2) is 51.9 Å². The number of rotatable bonds is 4. The van der Waals surface area contributed by atoms with Crippen molar-refractivity contribution in [2.45, 2.75) is 36.8 Å². The quantitative estimate of drug-likeness (QED) is 0.355. The smallest absolute Gasteiger partial charge is 0.417 e. The number of hydrogen-bond acceptors (Lipinski definition) is 9. The van der Waals surface area contributed by atoms with Crippen LogP contribution in [-0.2, 0) is 10.9 Å². The van der Waals surface area contributed by atoms with Gasteiger partial charge in [-0.05, 0) is 29.8 Å². The molecule has 0 amide bonds. The molecule has 1 fully saturated rings. The van der Waals surface area contributed by atoms with E-state index in [9.17, 15) is 33.3 Å². The van der Waals surface area contributed by atoms with E-state index >= 15 is 0 Å². The first-order valence-electron chi connectivity index (χ1n) is 9.77. The highest BCUT2D eigenvalue weighted by Gasteiger charge is 2.44. The van der Waals surface area contributed by atoms with Gasteiger partial charge in [0.05, 0.1) is 17.7 Å². The molecule has 0 aliphatic carbocycles. The van der Waals surface area contributed by atoms with E-state index in [1.165, 1.54) is 30.6 Å². The van der Waals surface area contributed by atoms with Crippen LogP contribution in [0.1, 0.15) is 5.56 Å². The minimum atomic E-state index is -4.88. The Hall–Kier alpha value is -3.03. The van der Waals surface area contributed by atoms with Gasteiger partial charge in [0.25, 0.3) is 0 Å². The topological polar surface area (TPSA) is 145 Å². The highest BCUT2D eigenvalue weighted by Crippen LogP contribution is 2.40. The Balaban J connectivity index is 1.77. The van der Waals surface area contributed by atoms with Crippen molar-refractivity contribution >= 4 is 16.7 Å². The molecule has 0 spiro atoms. The SMILES string of the molecule is O=c1oc2cc(NC3[C@@H](O)OC(CO)[C@H](O)[C@H]3O)ccc2c(C(F)(F)F)c1-c1ccncc1. The van der Waals surface area contributed by atoms with E-state index in [1.54, 1.807) is 0 Å². The largest absolute Gasteiger partial charge is 0.422 e. The zero-order valence-corrected chi connectivity index (χ0v) is 16.7. The number of fused-ring (bicyclic) bond motifs is 1. The van der Waals surface area contributed by atoms with Gasteiger partial charge in [0, 0.05) is 29.5 Å². The molecule has 0 radical (unpaired) electrons. The average Bonchev–Trinajstić information content (AvgIpc) is 2.78. The van der Waals surface area contributed by atoms with E-state index in [-0.39, 0.29) is 22.2 Å². The van der Waals surface area contributed by atoms with Crippen LogP contribution in [0.4, 0.5) is 18.9 Å². The summed E-state index contributed by atoms with van der Waals surface area (Å²) in [5, 5.41) is 41.8. The van der Waals surface area contributed by atoms with Gasteiger partial charge in [0.15, 0.2) is 6.29 Å². The lowest BCUT2D eigenvalue weighted by Crippen LogP contribution is -2.61. The van der Waals surface area contributed by atoms with Crippen LogP contribution in [0.5, 0.6) is 0 Å². The number of aliphatic hydroxyl groups is 4. The van der Waals surface area contributed by atoms with Gasteiger partial charge in [0.1, 0.15) is 29.9 Å². The lowest BCUT2D eigenvalue weighted by molar-refractivity contribution is -0.245. The Labute approximate surface area is 183 Å². The fourth-order valence-corrected chi connectivity index (χ4v) is 3.81. The summed E-state index contributed by atoms with van der Waals surface area (Å²) in [7, 11) is 0. The fraction of sp³-hybridized carbons (Fsp3) is 0.333. The van der Waals surface area contributed by atoms with E-state index in [0.717, 1.165) is 12.1 Å². The second-order valence-electron chi connectivity index (χ2n) is 7.48. The molecule has 3 aromatic rings. The van der Waals surface area contributed by atoms with Crippen LogP contribution in [0.2, 0.25) is 0 Å². The summed E-state index contributed by atoms with van der Waals surface area (Å²) in [5.41, 5.74) is -3.34. The number of alkyl halides is 3. The third-order valence-corrected chi connectivity index (χ3v) is 5.39. The van der Waals surface area contributed by atoms with Gasteiger partial charge >= 0.3 is 11.8 Å². The minimum Gasteiger partial charge on any atom is -0.422 e. The Kier molecular flexibility index (Phi) is 6.12. The molecular formula is C21H19F3N2O7. The van der Waals surface area contributed by atoms with Crippen molar-refractivity contribution in [3.05, 3.63) is 58.7 Å². The monoisotopic (exact) mass is 468 g/mol. The van der Waals surface area contributed by atoms with Crippen molar-refractivity contribution < 1.29 is 42.8 Å². The standard InChI is InChI=1S/C21H19F3N2O7/c22-21(23,24)15-11-2-1-10(26-16-18(29)17(28)13(8-27)33-20(16)31)7-12(11)32-19(30)14(15)9-3-5-25-6-4-9/h1-7,13,16-18,20,26-29,31H,8H2/t13?,16?,17-,18-,20-/m0/s1. The van der Waals surface area contributed by atoms with E-state index in [2.05, 4.69) is 10.3 Å². The maximum atomic E-state index is 14.0. The van der Waals surface area contributed by atoms with Crippen molar-refractivity contribution in [2.75, 3.05) is 11.9 Å². The highest BCUT2D eigenvalue weighted by molar-refractivity contribution is 5.89. The van der Waals surface area contributed by atoms with Gasteiger partial charge in [-0.3, -0.25) is 4.98 Å². The predicted octanol–water partition coefficient (Wildman–Crippen LogP) is 1.09. The lowest BCUT2D eigenvalue weighted by Gasteiger charge is -2.40. The summed E-state index contributed by atoms with van der Waals surface area (Å²) in [6.07, 6.45) is -8.35. The summed E-state index contributed by atoms with van der Waals surface area (Å²) in [4.78, 5) is 16.3. The van der Waals surface area contributed by atoms with Gasteiger partial charge in [0.2, 0.25) is 0 Å². The number of nitrogens with one attached hydrogen (secondary N) is 1. The lowest BCUT2D eigenvalue weighted by atomic mass is 9.96. The zero-order valence-electron chi connectivity index (χ0n) is 16.7. The molecule has 2 unspecified atom stereocenters. The van der Waals surface area contributed by atoms with E-state index in [4.69, 9.17) is 14.3 Å². The first-order valence-corrected chi connectivity index (χ1v) is 9.77. The molecule has 12 heteroatoms. The number of nitrogens with zero attached hydrogens (tertiary/aromatic N) is 1. The van der Waals surface area contributed by atoms with Crippen molar-refractivity contribution in [1.82, 2.24) is 4.98 Å². The summed E-state index contributed by atoms with van der Waals surface area (Å²) in [5.74, 6) is 0. The first-order chi connectivity index (χ1) is 15.6. The number of benzene rings is 1. The molecule has 0 saturated carbocycles. The molecule has 3 heterocycles. The second-order valence-corrected chi connectivity index (χ2v) is 7.48. The number of anilines is 1. The van der Waals surface area contributed by atoms with Crippen LogP contribution < -0.4 is 10.9 Å². The molecule has 4 rings (SSSR count). The highest BCUT2D eigenvalue weighted by atomic mass is 19.4. The van der Waals surface area contributed by atoms with Gasteiger partial charge < -0.3 is 34.9 Å². The third-order valence-electron chi connectivity index (χ3n) is 5.39. The van der Waals surface area contributed by atoms with Crippen molar-refractivity contribution in [2.24, 2.45) is 0 Å². The third kappa shape index (κ3) is 4.30. The number of halogens is 3. The fourth-order valence-electron chi connectivity index (χ4n) is 3.81. The molecule has 5 N–H and O–H groups in total. The van der Waals surface area contributed by atoms with Crippen molar-refractivity contribution in [1.29, 1.82) is 0 Å². The second kappa shape index (κ2) is 8.72. The van der Waals surface area contributed by atoms with Crippen LogP contribution >= 0.6 is 0 Å². The molecule has 1 aliphatic rings. The molecule has 1 aliphatic heterocycles. The van der Waals surface area contributed by atoms with Crippen molar-refractivity contribution in [3.8, 4) is 11.1 Å². The van der Waals surface area contributed by atoms with Gasteiger partial charge in [-0.15, -0.1) is 0 Å². The van der Waals surface area contributed by atoms with Gasteiger partial charge in [-0.2, -0.15) is 13.2 Å². The van der Waals surface area contributed by atoms with Crippen LogP contribution in [0, 0.1) is 0 Å². The zero-order chi connectivity index (χ0) is 23.9. The first kappa shape index (κ1) is 23.1. The number of pyridine rings is 1. The number of ether oxygens (including phenoxy) is 1. The molecule has 2 aromatic heterocycles. The van der Waals surface area contributed by atoms with Gasteiger partial charge in [-0.25, -0.2) is 4.79 Å². The molecule has 176 valence electrons. The maximum absolute atomic E-state index is 14.0. The maximum Gasteiger partial charge on any atom is 0.417 e. The number of hydrogen-bond donors (Lipinski definition) is 5. The van der Waals surface area contributed by atoms with Crippen molar-refractivity contribution in [3.63, 3.8) is 0 Å². The van der Waals surface area contributed by atoms with Gasteiger partial charge in [-0.1, -0.05) is 0 Å². The van der Waals surface area contributed by atoms with Crippen LogP contribution in [0.25, 0.3) is 22.1 Å². The van der Waals surface area contributed by atoms with E-state index < -0.39 is 60.2 Å². The number of aromatic nitrogens is 1. The van der Waals surface area contributed by atoms with Crippen LogP contribution in [0.3, 0.4) is 0 Å². The molecular weight excluding hydrogens is 449 g/mol. The Morgan fingerprint density at radius 2 is 1.76 bits per heavy atom. The minimum absolute atomic E-state index is 0.00630. The summed E-state index contributed by atoms with van der Waals surface area (Å²) < 4.78 is 52.2. The summed E-state index contributed by atoms with van der Waals surface area (Å²) >= 11 is 0. The molecule has 33 heavy (non-hydrogen) atoms. The summed E-state index contributed by atoms with van der Waals surface area (Å²) in [6, 6.07) is 4.67. The van der Waals surface area contributed by atoms with Crippen LogP contribution in [-0.4, -0.2) is 62.7 Å². The Bertz CT molecular complexity index is 1200. The Morgan fingerprint density at radius 3 is 2.39 bits per heavy atom. The Morgan fingerprint density at radius 1 is 1.06 bits per heavy atom. The van der Waals surface area contributed by atoms with E-state index in [0.29, 0.717) is 0 Å². The normalized spacial score (nSPS) is 25.8.